The summed E-state index contributed by atoms with van der Waals surface area (Å²) in [7, 11) is 0. The van der Waals surface area contributed by atoms with Gasteiger partial charge in [0.2, 0.25) is 0 Å². The molecular weight excluding hydrogens is 220 g/mol. The molecule has 1 aliphatic heterocycles. The number of hydrogen-bond acceptors (Lipinski definition) is 4. The molecule has 16 heavy (non-hydrogen) atoms. The van der Waals surface area contributed by atoms with E-state index < -0.39 is 24.4 Å². The van der Waals surface area contributed by atoms with E-state index in [4.69, 9.17) is 5.11 Å². The number of aliphatic hydroxyl groups is 1. The Morgan fingerprint density at radius 2 is 2.38 bits per heavy atom. The van der Waals surface area contributed by atoms with E-state index in [1.54, 1.807) is 0 Å². The molecule has 0 amide bonds. The molecule has 0 aliphatic carbocycles. The van der Waals surface area contributed by atoms with Crippen LogP contribution in [0.25, 0.3) is 0 Å². The van der Waals surface area contributed by atoms with Crippen molar-refractivity contribution in [2.24, 2.45) is 0 Å². The van der Waals surface area contributed by atoms with E-state index in [0.717, 1.165) is 6.42 Å². The number of alkyl halides is 2. The number of halogens is 2. The van der Waals surface area contributed by atoms with Crippen molar-refractivity contribution in [3.63, 3.8) is 0 Å². The minimum absolute atomic E-state index is 0.0477. The van der Waals surface area contributed by atoms with Crippen LogP contribution in [0.4, 0.5) is 8.78 Å². The second-order valence-electron chi connectivity index (χ2n) is 3.96. The molecule has 4 nitrogen and oxygen atoms in total. The summed E-state index contributed by atoms with van der Waals surface area (Å²) in [5, 5.41) is 11.7. The molecular formula is C10H17F2NO3. The van der Waals surface area contributed by atoms with Gasteiger partial charge in [-0.1, -0.05) is 6.92 Å². The summed E-state index contributed by atoms with van der Waals surface area (Å²) in [6.45, 7) is 2.19. The van der Waals surface area contributed by atoms with Crippen LogP contribution in [0.3, 0.4) is 0 Å². The van der Waals surface area contributed by atoms with Gasteiger partial charge in [-0.3, -0.25) is 0 Å². The monoisotopic (exact) mass is 237 g/mol. The molecule has 0 aromatic carbocycles. The van der Waals surface area contributed by atoms with Crippen LogP contribution in [-0.2, 0) is 9.53 Å². The Bertz CT molecular complexity index is 248. The highest BCUT2D eigenvalue weighted by molar-refractivity contribution is 5.79. The Morgan fingerprint density at radius 1 is 1.69 bits per heavy atom. The second-order valence-corrected chi connectivity index (χ2v) is 3.96. The minimum Gasteiger partial charge on any atom is -0.456 e. The summed E-state index contributed by atoms with van der Waals surface area (Å²) < 4.78 is 30.1. The highest BCUT2D eigenvalue weighted by Gasteiger charge is 2.50. The van der Waals surface area contributed by atoms with Gasteiger partial charge in [0.15, 0.2) is 0 Å². The maximum absolute atomic E-state index is 12.8. The van der Waals surface area contributed by atoms with Gasteiger partial charge in [0.25, 0.3) is 0 Å². The molecule has 1 aliphatic rings. The first-order valence-electron chi connectivity index (χ1n) is 5.42. The highest BCUT2D eigenvalue weighted by atomic mass is 19.3. The molecule has 0 aromatic rings. The molecule has 2 N–H and O–H groups in total. The van der Waals surface area contributed by atoms with Gasteiger partial charge >= 0.3 is 11.9 Å². The molecule has 0 radical (unpaired) electrons. The van der Waals surface area contributed by atoms with Crippen molar-refractivity contribution in [3.8, 4) is 0 Å². The van der Waals surface area contributed by atoms with Crippen molar-refractivity contribution in [2.75, 3.05) is 13.2 Å². The van der Waals surface area contributed by atoms with Crippen molar-refractivity contribution < 1.29 is 23.4 Å². The van der Waals surface area contributed by atoms with E-state index in [-0.39, 0.29) is 19.2 Å². The number of rotatable bonds is 6. The van der Waals surface area contributed by atoms with E-state index in [2.05, 4.69) is 10.1 Å². The van der Waals surface area contributed by atoms with Crippen LogP contribution in [-0.4, -0.2) is 42.3 Å². The van der Waals surface area contributed by atoms with Crippen LogP contribution >= 0.6 is 0 Å². The standard InChI is InChI=1S/C10H17F2NO3/c1-2-7(3-4-14)13-6-8-5-10(11,12)9(15)16-8/h7-8,13-14H,2-6H2,1H3. The summed E-state index contributed by atoms with van der Waals surface area (Å²) in [5.41, 5.74) is 0. The van der Waals surface area contributed by atoms with Gasteiger partial charge < -0.3 is 15.2 Å². The molecule has 2 atom stereocenters. The molecule has 1 heterocycles. The predicted molar refractivity (Wildman–Crippen MR) is 53.2 cm³/mol. The molecule has 1 saturated heterocycles. The second kappa shape index (κ2) is 5.54. The first kappa shape index (κ1) is 13.3. The zero-order valence-corrected chi connectivity index (χ0v) is 9.21. The van der Waals surface area contributed by atoms with E-state index in [1.807, 2.05) is 6.92 Å². The lowest BCUT2D eigenvalue weighted by atomic mass is 10.1. The van der Waals surface area contributed by atoms with Gasteiger partial charge in [-0.2, -0.15) is 8.78 Å². The van der Waals surface area contributed by atoms with Crippen molar-refractivity contribution in [3.05, 3.63) is 0 Å². The van der Waals surface area contributed by atoms with Crippen molar-refractivity contribution in [1.29, 1.82) is 0 Å². The largest absolute Gasteiger partial charge is 0.456 e. The molecule has 6 heteroatoms. The third kappa shape index (κ3) is 3.38. The molecule has 94 valence electrons. The Balaban J connectivity index is 2.31. The lowest BCUT2D eigenvalue weighted by Gasteiger charge is -2.17. The number of ether oxygens (including phenoxy) is 1. The SMILES string of the molecule is CCC(CCO)NCC1CC(F)(F)C(=O)O1. The van der Waals surface area contributed by atoms with Crippen LogP contribution in [0.15, 0.2) is 0 Å². The smallest absolute Gasteiger partial charge is 0.377 e. The van der Waals surface area contributed by atoms with Crippen LogP contribution < -0.4 is 5.32 Å². The molecule has 1 rings (SSSR count). The van der Waals surface area contributed by atoms with E-state index >= 15 is 0 Å². The van der Waals surface area contributed by atoms with Crippen molar-refractivity contribution >= 4 is 5.97 Å². The van der Waals surface area contributed by atoms with Crippen LogP contribution in [0.2, 0.25) is 0 Å². The summed E-state index contributed by atoms with van der Waals surface area (Å²) in [5.74, 6) is -4.78. The third-order valence-corrected chi connectivity index (χ3v) is 2.66. The summed E-state index contributed by atoms with van der Waals surface area (Å²) in [6, 6.07) is 0.0675. The molecule has 0 saturated carbocycles. The van der Waals surface area contributed by atoms with E-state index in [9.17, 15) is 13.6 Å². The van der Waals surface area contributed by atoms with Gasteiger partial charge in [-0.15, -0.1) is 0 Å². The number of hydrogen-bond donors (Lipinski definition) is 2. The Morgan fingerprint density at radius 3 is 2.81 bits per heavy atom. The fraction of sp³-hybridized carbons (Fsp3) is 0.900. The maximum atomic E-state index is 12.8. The lowest BCUT2D eigenvalue weighted by molar-refractivity contribution is -0.159. The summed E-state index contributed by atoms with van der Waals surface area (Å²) in [4.78, 5) is 10.7. The quantitative estimate of drug-likeness (QED) is 0.667. The highest BCUT2D eigenvalue weighted by Crippen LogP contribution is 2.30. The van der Waals surface area contributed by atoms with Gasteiger partial charge in [0.1, 0.15) is 6.10 Å². The molecule has 1 fully saturated rings. The number of carbonyl (C=O) groups excluding carboxylic acids is 1. The van der Waals surface area contributed by atoms with Crippen LogP contribution in [0, 0.1) is 0 Å². The topological polar surface area (TPSA) is 58.6 Å². The van der Waals surface area contributed by atoms with Crippen molar-refractivity contribution in [1.82, 2.24) is 5.32 Å². The molecule has 0 aromatic heterocycles. The fourth-order valence-electron chi connectivity index (χ4n) is 1.67. The number of carbonyl (C=O) groups is 1. The van der Waals surface area contributed by atoms with Crippen LogP contribution in [0.5, 0.6) is 0 Å². The average molecular weight is 237 g/mol. The van der Waals surface area contributed by atoms with Crippen LogP contribution in [0.1, 0.15) is 26.2 Å². The van der Waals surface area contributed by atoms with E-state index in [0.29, 0.717) is 6.42 Å². The van der Waals surface area contributed by atoms with Gasteiger partial charge in [0.05, 0.1) is 6.42 Å². The summed E-state index contributed by atoms with van der Waals surface area (Å²) in [6.07, 6.45) is 0.0229. The van der Waals surface area contributed by atoms with Crippen molar-refractivity contribution in [2.45, 2.75) is 44.3 Å². The maximum Gasteiger partial charge on any atom is 0.377 e. The number of nitrogens with one attached hydrogen (secondary N) is 1. The number of esters is 1. The Labute approximate surface area is 93.0 Å². The minimum atomic E-state index is -3.34. The molecule has 0 spiro atoms. The summed E-state index contributed by atoms with van der Waals surface area (Å²) >= 11 is 0. The normalized spacial score (nSPS) is 25.5. The zero-order chi connectivity index (χ0) is 12.2. The van der Waals surface area contributed by atoms with Gasteiger partial charge in [-0.25, -0.2) is 4.79 Å². The molecule has 2 unspecified atom stereocenters. The fourth-order valence-corrected chi connectivity index (χ4v) is 1.67. The van der Waals surface area contributed by atoms with Gasteiger partial charge in [0, 0.05) is 19.2 Å². The number of aliphatic hydroxyl groups excluding tert-OH is 1. The Hall–Kier alpha value is -0.750. The number of cyclic esters (lactones) is 1. The van der Waals surface area contributed by atoms with E-state index in [1.165, 1.54) is 0 Å². The average Bonchev–Trinajstić information content (AvgIpc) is 2.47. The zero-order valence-electron chi connectivity index (χ0n) is 9.21. The first-order chi connectivity index (χ1) is 7.49. The Kier molecular flexibility index (Phi) is 4.61. The lowest BCUT2D eigenvalue weighted by Crippen LogP contribution is -2.36. The predicted octanol–water partition coefficient (Wildman–Crippen LogP) is 0.688. The molecule has 0 bridgehead atoms. The van der Waals surface area contributed by atoms with Gasteiger partial charge in [-0.05, 0) is 12.8 Å². The third-order valence-electron chi connectivity index (χ3n) is 2.66. The first-order valence-corrected chi connectivity index (χ1v) is 5.42.